The normalized spacial score (nSPS) is 12.2. The number of aromatic nitrogens is 2. The van der Waals surface area contributed by atoms with Gasteiger partial charge in [-0.05, 0) is 56.4 Å². The monoisotopic (exact) mass is 418 g/mol. The highest BCUT2D eigenvalue weighted by Crippen LogP contribution is 2.30. The second-order valence-corrected chi connectivity index (χ2v) is 7.47. The number of nitrogens with one attached hydrogen (secondary N) is 2. The molecule has 8 heteroatoms. The van der Waals surface area contributed by atoms with Crippen molar-refractivity contribution < 1.29 is 13.6 Å². The van der Waals surface area contributed by atoms with Gasteiger partial charge < -0.3 is 10.2 Å². The topological polar surface area (TPSA) is 61.0 Å². The summed E-state index contributed by atoms with van der Waals surface area (Å²) in [4.78, 5) is 14.9. The van der Waals surface area contributed by atoms with Gasteiger partial charge in [0.2, 0.25) is 0 Å². The molecular formula is C21H21ClF2N4O. The molecule has 3 aromatic rings. The highest BCUT2D eigenvalue weighted by molar-refractivity contribution is 6.30. The van der Waals surface area contributed by atoms with Crippen molar-refractivity contribution in [3.63, 3.8) is 0 Å². The summed E-state index contributed by atoms with van der Waals surface area (Å²) in [6.45, 7) is 1.98. The summed E-state index contributed by atoms with van der Waals surface area (Å²) in [7, 11) is 3.77. The summed E-state index contributed by atoms with van der Waals surface area (Å²) >= 11 is 6.10. The molecule has 0 aliphatic heterocycles. The van der Waals surface area contributed by atoms with Crippen molar-refractivity contribution in [2.45, 2.75) is 13.0 Å². The highest BCUT2D eigenvalue weighted by atomic mass is 35.5. The Hall–Kier alpha value is -2.77. The number of aromatic amines is 1. The zero-order valence-corrected chi connectivity index (χ0v) is 17.0. The smallest absolute Gasteiger partial charge is 0.255 e. The fraction of sp³-hybridized carbons (Fsp3) is 0.238. The minimum absolute atomic E-state index is 0.0143. The first-order valence-corrected chi connectivity index (χ1v) is 9.35. The zero-order valence-electron chi connectivity index (χ0n) is 16.3. The van der Waals surface area contributed by atoms with E-state index in [-0.39, 0.29) is 28.4 Å². The molecule has 0 aliphatic rings. The van der Waals surface area contributed by atoms with E-state index in [1.807, 2.05) is 25.1 Å². The van der Waals surface area contributed by atoms with Gasteiger partial charge in [0.25, 0.3) is 5.91 Å². The third-order valence-corrected chi connectivity index (χ3v) is 4.82. The Morgan fingerprint density at radius 3 is 2.66 bits per heavy atom. The minimum atomic E-state index is -0.637. The predicted molar refractivity (Wildman–Crippen MR) is 109 cm³/mol. The SMILES string of the molecule is Cc1c(F)ccc(F)c1-c1[nH]ncc1C(=O)N[C@@H](CN(C)C)c1cccc(Cl)c1. The molecule has 2 aromatic carbocycles. The molecule has 1 atom stereocenters. The highest BCUT2D eigenvalue weighted by Gasteiger charge is 2.24. The van der Waals surface area contributed by atoms with Gasteiger partial charge in [-0.2, -0.15) is 5.10 Å². The summed E-state index contributed by atoms with van der Waals surface area (Å²) in [5.41, 5.74) is 1.18. The summed E-state index contributed by atoms with van der Waals surface area (Å²) < 4.78 is 28.4. The Labute approximate surface area is 172 Å². The lowest BCUT2D eigenvalue weighted by Gasteiger charge is -2.23. The number of halogens is 3. The number of carbonyl (C=O) groups is 1. The molecule has 1 amide bonds. The fourth-order valence-corrected chi connectivity index (χ4v) is 3.37. The quantitative estimate of drug-likeness (QED) is 0.625. The molecule has 29 heavy (non-hydrogen) atoms. The van der Waals surface area contributed by atoms with Gasteiger partial charge in [0.1, 0.15) is 11.6 Å². The molecule has 0 unspecified atom stereocenters. The number of hydrogen-bond donors (Lipinski definition) is 2. The number of benzene rings is 2. The van der Waals surface area contributed by atoms with Crippen LogP contribution in [0.15, 0.2) is 42.6 Å². The lowest BCUT2D eigenvalue weighted by Crippen LogP contribution is -2.35. The maximum atomic E-state index is 14.4. The molecule has 1 aromatic heterocycles. The van der Waals surface area contributed by atoms with Crippen LogP contribution in [0.5, 0.6) is 0 Å². The Morgan fingerprint density at radius 2 is 1.97 bits per heavy atom. The van der Waals surface area contributed by atoms with Crippen molar-refractivity contribution in [1.29, 1.82) is 0 Å². The number of carbonyl (C=O) groups excluding carboxylic acids is 1. The van der Waals surface area contributed by atoms with Crippen LogP contribution in [0.1, 0.15) is 27.5 Å². The van der Waals surface area contributed by atoms with E-state index in [0.29, 0.717) is 11.6 Å². The predicted octanol–water partition coefficient (Wildman–Crippen LogP) is 4.35. The summed E-state index contributed by atoms with van der Waals surface area (Å²) in [5, 5.41) is 10.0. The summed E-state index contributed by atoms with van der Waals surface area (Å²) in [6.07, 6.45) is 1.30. The van der Waals surface area contributed by atoms with Crippen LogP contribution in [-0.4, -0.2) is 41.6 Å². The number of nitrogens with zero attached hydrogens (tertiary/aromatic N) is 2. The first-order valence-electron chi connectivity index (χ1n) is 8.97. The van der Waals surface area contributed by atoms with Gasteiger partial charge in [0, 0.05) is 17.1 Å². The van der Waals surface area contributed by atoms with Gasteiger partial charge in [-0.15, -0.1) is 0 Å². The average molecular weight is 419 g/mol. The van der Waals surface area contributed by atoms with E-state index in [1.54, 1.807) is 18.2 Å². The molecule has 0 aliphatic carbocycles. The lowest BCUT2D eigenvalue weighted by molar-refractivity contribution is 0.0930. The second kappa shape index (κ2) is 8.71. The molecular weight excluding hydrogens is 398 g/mol. The van der Waals surface area contributed by atoms with Crippen LogP contribution in [0.2, 0.25) is 5.02 Å². The molecule has 0 saturated carbocycles. The van der Waals surface area contributed by atoms with Crippen molar-refractivity contribution >= 4 is 17.5 Å². The number of rotatable bonds is 6. The van der Waals surface area contributed by atoms with E-state index in [9.17, 15) is 13.6 Å². The Kier molecular flexibility index (Phi) is 6.30. The number of likely N-dealkylation sites (N-methyl/N-ethyl adjacent to an activating group) is 1. The molecule has 0 saturated heterocycles. The molecule has 0 bridgehead atoms. The molecule has 5 nitrogen and oxygen atoms in total. The van der Waals surface area contributed by atoms with E-state index < -0.39 is 17.5 Å². The van der Waals surface area contributed by atoms with Gasteiger partial charge in [0.15, 0.2) is 0 Å². The van der Waals surface area contributed by atoms with Crippen LogP contribution >= 0.6 is 11.6 Å². The molecule has 152 valence electrons. The number of hydrogen-bond acceptors (Lipinski definition) is 3. The minimum Gasteiger partial charge on any atom is -0.344 e. The van der Waals surface area contributed by atoms with E-state index in [0.717, 1.165) is 17.7 Å². The van der Waals surface area contributed by atoms with Gasteiger partial charge >= 0.3 is 0 Å². The zero-order chi connectivity index (χ0) is 21.1. The molecule has 1 heterocycles. The first-order chi connectivity index (χ1) is 13.8. The summed E-state index contributed by atoms with van der Waals surface area (Å²) in [5.74, 6) is -1.66. The van der Waals surface area contributed by atoms with E-state index in [4.69, 9.17) is 11.6 Å². The van der Waals surface area contributed by atoms with Gasteiger partial charge in [-0.25, -0.2) is 8.78 Å². The third kappa shape index (κ3) is 4.63. The average Bonchev–Trinajstić information content (AvgIpc) is 3.14. The molecule has 2 N–H and O–H groups in total. The van der Waals surface area contributed by atoms with Crippen molar-refractivity contribution in [2.75, 3.05) is 20.6 Å². The largest absolute Gasteiger partial charge is 0.344 e. The van der Waals surface area contributed by atoms with Gasteiger partial charge in [0.05, 0.1) is 23.5 Å². The van der Waals surface area contributed by atoms with Crippen molar-refractivity contribution in [3.8, 4) is 11.3 Å². The second-order valence-electron chi connectivity index (χ2n) is 7.03. The maximum absolute atomic E-state index is 14.4. The first kappa shape index (κ1) is 21.0. The van der Waals surface area contributed by atoms with Crippen LogP contribution in [-0.2, 0) is 0 Å². The van der Waals surface area contributed by atoms with E-state index in [2.05, 4.69) is 15.5 Å². The molecule has 0 fully saturated rings. The van der Waals surface area contributed by atoms with Crippen molar-refractivity contribution in [3.05, 3.63) is 75.9 Å². The molecule has 0 spiro atoms. The summed E-state index contributed by atoms with van der Waals surface area (Å²) in [6, 6.07) is 8.93. The van der Waals surface area contributed by atoms with Crippen LogP contribution in [0.4, 0.5) is 8.78 Å². The molecule has 0 radical (unpaired) electrons. The van der Waals surface area contributed by atoms with Crippen LogP contribution in [0.3, 0.4) is 0 Å². The number of amides is 1. The van der Waals surface area contributed by atoms with E-state index in [1.165, 1.54) is 13.1 Å². The van der Waals surface area contributed by atoms with Crippen LogP contribution in [0, 0.1) is 18.6 Å². The third-order valence-electron chi connectivity index (χ3n) is 4.59. The van der Waals surface area contributed by atoms with Crippen LogP contribution < -0.4 is 5.32 Å². The lowest BCUT2D eigenvalue weighted by atomic mass is 10.0. The number of H-pyrrole nitrogens is 1. The maximum Gasteiger partial charge on any atom is 0.255 e. The Balaban J connectivity index is 1.95. The Morgan fingerprint density at radius 1 is 1.24 bits per heavy atom. The molecule has 3 rings (SSSR count). The van der Waals surface area contributed by atoms with Crippen molar-refractivity contribution in [2.24, 2.45) is 0 Å². The van der Waals surface area contributed by atoms with Crippen LogP contribution in [0.25, 0.3) is 11.3 Å². The van der Waals surface area contributed by atoms with Gasteiger partial charge in [-0.3, -0.25) is 9.89 Å². The Bertz CT molecular complexity index is 1040. The van der Waals surface area contributed by atoms with E-state index >= 15 is 0 Å². The standard InChI is InChI=1S/C21H21ClF2N4O/c1-12-16(23)7-8-17(24)19(12)20-15(10-25-27-20)21(29)26-18(11-28(2)3)13-5-4-6-14(22)9-13/h4-10,18H,11H2,1-3H3,(H,25,27)(H,26,29)/t18-/m0/s1. The fourth-order valence-electron chi connectivity index (χ4n) is 3.17. The van der Waals surface area contributed by atoms with Gasteiger partial charge in [-0.1, -0.05) is 23.7 Å². The van der Waals surface area contributed by atoms with Crippen molar-refractivity contribution in [1.82, 2.24) is 20.4 Å².